The molecule has 0 aliphatic carbocycles. The highest BCUT2D eigenvalue weighted by Gasteiger charge is 1.99. The van der Waals surface area contributed by atoms with Crippen LogP contribution >= 0.6 is 0 Å². The zero-order valence-corrected chi connectivity index (χ0v) is 8.29. The van der Waals surface area contributed by atoms with Crippen LogP contribution in [0, 0.1) is 0 Å². The monoisotopic (exact) mass is 212 g/mol. The Bertz CT molecular complexity index is 624. The molecule has 0 amide bonds. The third kappa shape index (κ3) is 1.48. The van der Waals surface area contributed by atoms with Gasteiger partial charge in [0.1, 0.15) is 0 Å². The average Bonchev–Trinajstić information content (AvgIpc) is 2.96. The number of H-pyrrole nitrogens is 1. The zero-order valence-electron chi connectivity index (χ0n) is 8.29. The summed E-state index contributed by atoms with van der Waals surface area (Å²) in [5, 5.41) is 11.7. The van der Waals surface area contributed by atoms with E-state index in [-0.39, 0.29) is 0 Å². The number of aromatic amines is 1. The van der Waals surface area contributed by atoms with Crippen LogP contribution in [0.2, 0.25) is 0 Å². The Morgan fingerprint density at radius 2 is 2.12 bits per heavy atom. The van der Waals surface area contributed by atoms with Crippen molar-refractivity contribution in [3.05, 3.63) is 41.9 Å². The predicted octanol–water partition coefficient (Wildman–Crippen LogP) is 2.12. The minimum atomic E-state index is 0.463. The number of nitrogens with zero attached hydrogens (tertiary/aromatic N) is 3. The minimum Gasteiger partial charge on any atom is -0.361 e. The summed E-state index contributed by atoms with van der Waals surface area (Å²) in [6.07, 6.45) is 5.62. The largest absolute Gasteiger partial charge is 0.361 e. The highest BCUT2D eigenvalue weighted by Crippen LogP contribution is 2.19. The zero-order chi connectivity index (χ0) is 10.8. The van der Waals surface area contributed by atoms with Crippen molar-refractivity contribution in [1.82, 2.24) is 20.5 Å². The van der Waals surface area contributed by atoms with Crippen molar-refractivity contribution in [2.24, 2.45) is 0 Å². The van der Waals surface area contributed by atoms with Gasteiger partial charge >= 0.3 is 0 Å². The Morgan fingerprint density at radius 3 is 3.00 bits per heavy atom. The smallest absolute Gasteiger partial charge is 0.219 e. The van der Waals surface area contributed by atoms with E-state index in [2.05, 4.69) is 31.2 Å². The van der Waals surface area contributed by atoms with Crippen LogP contribution in [0.15, 0.2) is 35.1 Å². The summed E-state index contributed by atoms with van der Waals surface area (Å²) in [5.74, 6) is 0.463. The van der Waals surface area contributed by atoms with Gasteiger partial charge in [-0.15, -0.1) is 0 Å². The van der Waals surface area contributed by atoms with E-state index in [1.807, 2.05) is 30.5 Å². The van der Waals surface area contributed by atoms with Gasteiger partial charge < -0.3 is 4.98 Å². The van der Waals surface area contributed by atoms with E-state index in [1.165, 1.54) is 0 Å². The number of aromatic nitrogens is 4. The van der Waals surface area contributed by atoms with Crippen LogP contribution in [-0.4, -0.2) is 20.5 Å². The third-order valence-corrected chi connectivity index (χ3v) is 2.35. The Morgan fingerprint density at radius 1 is 1.19 bits per heavy atom. The van der Waals surface area contributed by atoms with Crippen molar-refractivity contribution in [3.63, 3.8) is 0 Å². The van der Waals surface area contributed by atoms with Crippen LogP contribution in [0.25, 0.3) is 23.1 Å². The minimum absolute atomic E-state index is 0.463. The van der Waals surface area contributed by atoms with E-state index < -0.39 is 0 Å². The van der Waals surface area contributed by atoms with Gasteiger partial charge in [-0.3, -0.25) is 0 Å². The van der Waals surface area contributed by atoms with Crippen LogP contribution in [0.3, 0.4) is 0 Å². The van der Waals surface area contributed by atoms with Crippen LogP contribution in [0.4, 0.5) is 0 Å². The maximum Gasteiger partial charge on any atom is 0.219 e. The summed E-state index contributed by atoms with van der Waals surface area (Å²) < 4.78 is 4.40. The second kappa shape index (κ2) is 3.62. The Balaban J connectivity index is 2.01. The molecular formula is C11H8N4O. The van der Waals surface area contributed by atoms with Crippen molar-refractivity contribution in [2.45, 2.75) is 0 Å². The van der Waals surface area contributed by atoms with Crippen molar-refractivity contribution >= 4 is 23.1 Å². The first-order valence-corrected chi connectivity index (χ1v) is 4.83. The van der Waals surface area contributed by atoms with Gasteiger partial charge in [-0.1, -0.05) is 23.3 Å². The van der Waals surface area contributed by atoms with Gasteiger partial charge in [-0.25, -0.2) is 4.63 Å². The lowest BCUT2D eigenvalue weighted by atomic mass is 10.1. The van der Waals surface area contributed by atoms with Crippen LogP contribution in [0.1, 0.15) is 11.4 Å². The van der Waals surface area contributed by atoms with E-state index >= 15 is 0 Å². The maximum atomic E-state index is 4.40. The van der Waals surface area contributed by atoms with Gasteiger partial charge in [-0.2, -0.15) is 0 Å². The molecular weight excluding hydrogens is 204 g/mol. The van der Waals surface area contributed by atoms with Crippen molar-refractivity contribution < 1.29 is 4.63 Å². The quantitative estimate of drug-likeness (QED) is 0.706. The van der Waals surface area contributed by atoms with Gasteiger partial charge in [0.2, 0.25) is 5.82 Å². The fourth-order valence-corrected chi connectivity index (χ4v) is 1.60. The molecule has 0 atom stereocenters. The summed E-state index contributed by atoms with van der Waals surface area (Å²) in [5.41, 5.74) is 2.19. The molecule has 0 unspecified atom stereocenters. The van der Waals surface area contributed by atoms with Gasteiger partial charge in [0.25, 0.3) is 0 Å². The van der Waals surface area contributed by atoms with Gasteiger partial charge in [0.05, 0.1) is 5.27 Å². The van der Waals surface area contributed by atoms with E-state index in [1.54, 1.807) is 6.08 Å². The lowest BCUT2D eigenvalue weighted by Gasteiger charge is -1.89. The molecule has 2 heterocycles. The molecule has 1 aromatic carbocycles. The normalized spacial score (nSPS) is 11.5. The number of fused-ring (bicyclic) bond motifs is 1. The molecule has 5 heteroatoms. The highest BCUT2D eigenvalue weighted by atomic mass is 16.6. The lowest BCUT2D eigenvalue weighted by molar-refractivity contribution is 0.292. The van der Waals surface area contributed by atoms with Crippen molar-refractivity contribution in [3.8, 4) is 0 Å². The number of nitrogens with one attached hydrogen (secondary N) is 1. The molecule has 0 saturated heterocycles. The van der Waals surface area contributed by atoms with E-state index in [0.717, 1.165) is 16.5 Å². The molecule has 0 bridgehead atoms. The number of rotatable bonds is 2. The molecule has 0 fully saturated rings. The highest BCUT2D eigenvalue weighted by molar-refractivity contribution is 5.90. The van der Waals surface area contributed by atoms with Crippen LogP contribution < -0.4 is 0 Å². The molecule has 2 aromatic heterocycles. The first-order valence-electron chi connectivity index (χ1n) is 4.83. The summed E-state index contributed by atoms with van der Waals surface area (Å²) in [4.78, 5) is 3.19. The molecule has 1 N–H and O–H groups in total. The Labute approximate surface area is 90.7 Å². The topological polar surface area (TPSA) is 67.6 Å². The molecule has 16 heavy (non-hydrogen) atoms. The van der Waals surface area contributed by atoms with E-state index in [9.17, 15) is 0 Å². The second-order valence-corrected chi connectivity index (χ2v) is 3.34. The summed E-state index contributed by atoms with van der Waals surface area (Å²) in [7, 11) is 0. The first kappa shape index (κ1) is 8.84. The number of hydrogen-bond donors (Lipinski definition) is 1. The first-order chi connectivity index (χ1) is 7.93. The van der Waals surface area contributed by atoms with E-state index in [4.69, 9.17) is 0 Å². The molecule has 5 nitrogen and oxygen atoms in total. The number of benzene rings is 1. The molecule has 0 saturated carbocycles. The predicted molar refractivity (Wildman–Crippen MR) is 59.3 cm³/mol. The van der Waals surface area contributed by atoms with E-state index in [0.29, 0.717) is 5.82 Å². The second-order valence-electron chi connectivity index (χ2n) is 3.34. The molecule has 0 aliphatic rings. The van der Waals surface area contributed by atoms with Crippen molar-refractivity contribution in [1.29, 1.82) is 0 Å². The van der Waals surface area contributed by atoms with Crippen LogP contribution in [-0.2, 0) is 0 Å². The maximum absolute atomic E-state index is 4.40. The third-order valence-electron chi connectivity index (χ3n) is 2.35. The average molecular weight is 212 g/mol. The molecule has 3 rings (SSSR count). The molecule has 0 radical (unpaired) electrons. The van der Waals surface area contributed by atoms with Crippen LogP contribution in [0.5, 0.6) is 0 Å². The van der Waals surface area contributed by atoms with Gasteiger partial charge in [0, 0.05) is 17.1 Å². The Hall–Kier alpha value is -2.43. The molecule has 3 aromatic rings. The number of hydrogen-bond acceptors (Lipinski definition) is 4. The number of para-hydroxylation sites is 1. The summed E-state index contributed by atoms with van der Waals surface area (Å²) in [6.45, 7) is 0. The molecule has 0 aliphatic heterocycles. The lowest BCUT2D eigenvalue weighted by Crippen LogP contribution is -1.74. The molecule has 78 valence electrons. The fourth-order valence-electron chi connectivity index (χ4n) is 1.60. The van der Waals surface area contributed by atoms with Crippen molar-refractivity contribution in [2.75, 3.05) is 0 Å². The van der Waals surface area contributed by atoms with Gasteiger partial charge in [-0.05, 0) is 28.9 Å². The Kier molecular flexibility index (Phi) is 2.00. The summed E-state index contributed by atoms with van der Waals surface area (Å²) >= 11 is 0. The van der Waals surface area contributed by atoms with Gasteiger partial charge in [0.15, 0.2) is 0 Å². The SMILES string of the molecule is C(=Cc1c[nH]c2ccccc12)c1nnon1. The fraction of sp³-hybridized carbons (Fsp3) is 0. The molecule has 0 spiro atoms. The summed E-state index contributed by atoms with van der Waals surface area (Å²) in [6, 6.07) is 8.08. The standard InChI is InChI=1S/C11H8N4O/c1-2-4-10-9(3-1)8(7-12-10)5-6-11-13-15-16-14-11/h1-7,12H.